The topological polar surface area (TPSA) is 102 Å². The number of alkyl halides is 3. The summed E-state index contributed by atoms with van der Waals surface area (Å²) < 4.78 is 49.6. The highest BCUT2D eigenvalue weighted by Crippen LogP contribution is 2.34. The smallest absolute Gasteiger partial charge is 0.442 e. The molecule has 0 spiro atoms. The quantitative estimate of drug-likeness (QED) is 0.592. The third kappa shape index (κ3) is 4.43. The summed E-state index contributed by atoms with van der Waals surface area (Å²) in [6.07, 6.45) is -6.67. The number of nitrogens with one attached hydrogen (secondary N) is 2. The van der Waals surface area contributed by atoms with Gasteiger partial charge in [-0.25, -0.2) is 9.59 Å². The van der Waals surface area contributed by atoms with Gasteiger partial charge in [0.1, 0.15) is 5.01 Å². The standard InChI is InChI=1S/C11H15F3N4O4S/c1-4-21-7(19)10(11(12,13)14,16-9(20)22-5-2)15-8-18-17-6(3)23-8/h4-5H2,1-3H3,(H,15,18)(H,16,20)/t10-/m0/s1. The van der Waals surface area contributed by atoms with Gasteiger partial charge in [0.25, 0.3) is 0 Å². The normalized spacial score (nSPS) is 13.8. The van der Waals surface area contributed by atoms with E-state index in [1.807, 2.05) is 5.32 Å². The Kier molecular flexibility index (Phi) is 6.12. The number of hydrogen-bond acceptors (Lipinski definition) is 8. The van der Waals surface area contributed by atoms with Crippen molar-refractivity contribution in [1.29, 1.82) is 0 Å². The van der Waals surface area contributed by atoms with Gasteiger partial charge >= 0.3 is 23.9 Å². The van der Waals surface area contributed by atoms with Crippen molar-refractivity contribution in [1.82, 2.24) is 15.5 Å². The molecule has 0 radical (unpaired) electrons. The first-order chi connectivity index (χ1) is 10.7. The third-order valence-corrected chi connectivity index (χ3v) is 3.15. The molecule has 0 unspecified atom stereocenters. The molecule has 0 aliphatic heterocycles. The molecule has 0 bridgehead atoms. The average Bonchev–Trinajstić information content (AvgIpc) is 2.82. The van der Waals surface area contributed by atoms with Crippen molar-refractivity contribution in [2.75, 3.05) is 18.5 Å². The van der Waals surface area contributed by atoms with Gasteiger partial charge in [-0.05, 0) is 20.8 Å². The van der Waals surface area contributed by atoms with Gasteiger partial charge in [0.2, 0.25) is 5.13 Å². The number of alkyl carbamates (subject to hydrolysis) is 1. The maximum absolute atomic E-state index is 13.6. The third-order valence-electron chi connectivity index (χ3n) is 2.39. The number of rotatable bonds is 6. The Morgan fingerprint density at radius 2 is 1.78 bits per heavy atom. The summed E-state index contributed by atoms with van der Waals surface area (Å²) in [5.74, 6) is -1.74. The summed E-state index contributed by atoms with van der Waals surface area (Å²) in [7, 11) is 0. The lowest BCUT2D eigenvalue weighted by Crippen LogP contribution is -2.69. The highest BCUT2D eigenvalue weighted by molar-refractivity contribution is 7.15. The van der Waals surface area contributed by atoms with Gasteiger partial charge in [0.15, 0.2) is 0 Å². The lowest BCUT2D eigenvalue weighted by Gasteiger charge is -2.33. The number of anilines is 1. The van der Waals surface area contributed by atoms with Crippen LogP contribution in [-0.4, -0.2) is 47.3 Å². The number of carbonyl (C=O) groups excluding carboxylic acids is 2. The first-order valence-corrected chi connectivity index (χ1v) is 7.25. The van der Waals surface area contributed by atoms with Gasteiger partial charge < -0.3 is 14.8 Å². The Labute approximate surface area is 133 Å². The molecule has 23 heavy (non-hydrogen) atoms. The number of hydrogen-bond donors (Lipinski definition) is 2. The number of esters is 1. The predicted molar refractivity (Wildman–Crippen MR) is 73.8 cm³/mol. The van der Waals surface area contributed by atoms with Crippen LogP contribution in [0.2, 0.25) is 0 Å². The van der Waals surface area contributed by atoms with Crippen LogP contribution in [0.4, 0.5) is 23.1 Å². The maximum atomic E-state index is 13.6. The molecule has 1 rings (SSSR count). The zero-order chi connectivity index (χ0) is 17.7. The molecule has 0 aliphatic carbocycles. The van der Waals surface area contributed by atoms with Gasteiger partial charge in [0.05, 0.1) is 13.2 Å². The highest BCUT2D eigenvalue weighted by atomic mass is 32.1. The van der Waals surface area contributed by atoms with Crippen LogP contribution >= 0.6 is 11.3 Å². The minimum absolute atomic E-state index is 0.180. The molecular weight excluding hydrogens is 341 g/mol. The SMILES string of the molecule is CCOC(=O)N[C@@](Nc1nnc(C)s1)(C(=O)OCC)C(F)(F)F. The van der Waals surface area contributed by atoms with Gasteiger partial charge in [0, 0.05) is 0 Å². The zero-order valence-corrected chi connectivity index (χ0v) is 13.3. The number of ether oxygens (including phenoxy) is 2. The number of nitrogens with zero attached hydrogens (tertiary/aromatic N) is 2. The molecule has 8 nitrogen and oxygen atoms in total. The molecule has 12 heteroatoms. The Hall–Kier alpha value is -2.11. The second-order valence-electron chi connectivity index (χ2n) is 4.06. The van der Waals surface area contributed by atoms with Crippen molar-refractivity contribution in [3.05, 3.63) is 5.01 Å². The Morgan fingerprint density at radius 1 is 1.17 bits per heavy atom. The number of amides is 1. The minimum Gasteiger partial charge on any atom is -0.463 e. The summed E-state index contributed by atoms with van der Waals surface area (Å²) in [5.41, 5.74) is -3.54. The molecule has 0 saturated heterocycles. The average molecular weight is 356 g/mol. The Morgan fingerprint density at radius 3 is 2.22 bits per heavy atom. The number of aryl methyl sites for hydroxylation is 1. The van der Waals surface area contributed by atoms with Crippen LogP contribution in [-0.2, 0) is 14.3 Å². The molecule has 1 heterocycles. The molecule has 130 valence electrons. The second-order valence-corrected chi connectivity index (χ2v) is 5.25. The van der Waals surface area contributed by atoms with Crippen LogP contribution in [0.1, 0.15) is 18.9 Å². The van der Waals surface area contributed by atoms with E-state index in [1.165, 1.54) is 26.1 Å². The van der Waals surface area contributed by atoms with E-state index in [0.29, 0.717) is 5.01 Å². The number of carbonyl (C=O) groups is 2. The fourth-order valence-corrected chi connectivity index (χ4v) is 2.11. The van der Waals surface area contributed by atoms with E-state index in [9.17, 15) is 22.8 Å². The van der Waals surface area contributed by atoms with Gasteiger partial charge in [-0.3, -0.25) is 5.32 Å². The maximum Gasteiger partial charge on any atom is 0.442 e. The monoisotopic (exact) mass is 356 g/mol. The van der Waals surface area contributed by atoms with Gasteiger partial charge in [-0.2, -0.15) is 13.2 Å². The van der Waals surface area contributed by atoms with Crippen molar-refractivity contribution < 1.29 is 32.2 Å². The van der Waals surface area contributed by atoms with E-state index in [1.54, 1.807) is 0 Å². The van der Waals surface area contributed by atoms with Crippen LogP contribution in [0, 0.1) is 6.92 Å². The van der Waals surface area contributed by atoms with Crippen molar-refractivity contribution in [2.24, 2.45) is 0 Å². The Bertz CT molecular complexity index is 566. The molecule has 2 N–H and O–H groups in total. The zero-order valence-electron chi connectivity index (χ0n) is 12.5. The van der Waals surface area contributed by atoms with Gasteiger partial charge in [-0.15, -0.1) is 10.2 Å². The van der Waals surface area contributed by atoms with E-state index >= 15 is 0 Å². The molecular formula is C11H15F3N4O4S. The van der Waals surface area contributed by atoms with E-state index < -0.39 is 23.9 Å². The van der Waals surface area contributed by atoms with E-state index in [2.05, 4.69) is 19.7 Å². The van der Waals surface area contributed by atoms with Crippen molar-refractivity contribution in [3.63, 3.8) is 0 Å². The van der Waals surface area contributed by atoms with E-state index in [0.717, 1.165) is 11.3 Å². The summed E-state index contributed by atoms with van der Waals surface area (Å²) in [6.45, 7) is 3.75. The summed E-state index contributed by atoms with van der Waals surface area (Å²) in [5, 5.41) is 10.4. The van der Waals surface area contributed by atoms with Crippen molar-refractivity contribution in [3.8, 4) is 0 Å². The molecule has 1 aromatic rings. The van der Waals surface area contributed by atoms with Crippen molar-refractivity contribution >= 4 is 28.5 Å². The lowest BCUT2D eigenvalue weighted by molar-refractivity contribution is -0.205. The van der Waals surface area contributed by atoms with Crippen LogP contribution < -0.4 is 10.6 Å². The molecule has 1 amide bonds. The first kappa shape index (κ1) is 18.9. The fourth-order valence-electron chi connectivity index (χ4n) is 1.46. The molecule has 0 saturated carbocycles. The van der Waals surface area contributed by atoms with Crippen LogP contribution in [0.3, 0.4) is 0 Å². The highest BCUT2D eigenvalue weighted by Gasteiger charge is 2.64. The van der Waals surface area contributed by atoms with Crippen LogP contribution in [0.25, 0.3) is 0 Å². The summed E-state index contributed by atoms with van der Waals surface area (Å²) in [6, 6.07) is 0. The van der Waals surface area contributed by atoms with E-state index in [4.69, 9.17) is 0 Å². The van der Waals surface area contributed by atoms with Gasteiger partial charge in [-0.1, -0.05) is 11.3 Å². The number of halogens is 3. The first-order valence-electron chi connectivity index (χ1n) is 6.43. The number of aromatic nitrogens is 2. The van der Waals surface area contributed by atoms with Crippen LogP contribution in [0.15, 0.2) is 0 Å². The van der Waals surface area contributed by atoms with Crippen LogP contribution in [0.5, 0.6) is 0 Å². The second kappa shape index (κ2) is 7.44. The molecule has 0 aromatic carbocycles. The fraction of sp³-hybridized carbons (Fsp3) is 0.636. The molecule has 0 aliphatic rings. The van der Waals surface area contributed by atoms with Crippen molar-refractivity contribution in [2.45, 2.75) is 32.6 Å². The molecule has 1 aromatic heterocycles. The minimum atomic E-state index is -5.23. The summed E-state index contributed by atoms with van der Waals surface area (Å²) >= 11 is 0.773. The largest absolute Gasteiger partial charge is 0.463 e. The summed E-state index contributed by atoms with van der Waals surface area (Å²) in [4.78, 5) is 23.4. The lowest BCUT2D eigenvalue weighted by atomic mass is 10.1. The van der Waals surface area contributed by atoms with E-state index in [-0.39, 0.29) is 18.3 Å². The Balaban J connectivity index is 3.27. The predicted octanol–water partition coefficient (Wildman–Crippen LogP) is 1.83. The molecule has 1 atom stereocenters. The molecule has 0 fully saturated rings.